The Balaban J connectivity index is 1.80. The van der Waals surface area contributed by atoms with Crippen molar-refractivity contribution in [3.05, 3.63) is 54.1 Å². The zero-order valence-corrected chi connectivity index (χ0v) is 15.3. The normalized spacial score (nSPS) is 17.2. The molecule has 2 aromatic rings. The molecule has 9 heteroatoms. The molecular weight excluding hydrogens is 362 g/mol. The van der Waals surface area contributed by atoms with Gasteiger partial charge in [-0.1, -0.05) is 17.7 Å². The lowest BCUT2D eigenvalue weighted by Gasteiger charge is -2.28. The lowest BCUT2D eigenvalue weighted by molar-refractivity contribution is 0.560. The molecule has 134 valence electrons. The van der Waals surface area contributed by atoms with Crippen molar-refractivity contribution in [3.8, 4) is 0 Å². The number of benzene rings is 2. The highest BCUT2D eigenvalue weighted by atomic mass is 32.2. The third-order valence-corrected chi connectivity index (χ3v) is 6.79. The highest BCUT2D eigenvalue weighted by Crippen LogP contribution is 2.23. The largest absolute Gasteiger partial charge is 0.301 e. The van der Waals surface area contributed by atoms with Crippen LogP contribution in [0.2, 0.25) is 0 Å². The molecule has 7 nitrogen and oxygen atoms in total. The van der Waals surface area contributed by atoms with E-state index < -0.39 is 20.2 Å². The lowest BCUT2D eigenvalue weighted by Crippen LogP contribution is -2.47. The summed E-state index contributed by atoms with van der Waals surface area (Å²) in [4.78, 5) is 0.171. The van der Waals surface area contributed by atoms with Gasteiger partial charge in [-0.2, -0.15) is 13.1 Å². The standard InChI is InChI=1S/C16H19N3O4S2/c1-13-3-9-16(10-4-13)24(20,21)18-14-5-7-15(8-6-14)19-12-2-11-17-25(19,22)23/h3-10,17-18H,2,11-12H2,1H3. The molecule has 0 unspecified atom stereocenters. The van der Waals surface area contributed by atoms with E-state index in [2.05, 4.69) is 9.44 Å². The van der Waals surface area contributed by atoms with Gasteiger partial charge in [0.25, 0.3) is 10.0 Å². The predicted octanol–water partition coefficient (Wildman–Crippen LogP) is 1.84. The van der Waals surface area contributed by atoms with Crippen molar-refractivity contribution in [1.29, 1.82) is 0 Å². The summed E-state index contributed by atoms with van der Waals surface area (Å²) in [6, 6.07) is 12.8. The Morgan fingerprint density at radius 3 is 2.28 bits per heavy atom. The molecule has 0 aromatic heterocycles. The van der Waals surface area contributed by atoms with E-state index in [4.69, 9.17) is 0 Å². The average Bonchev–Trinajstić information content (AvgIpc) is 2.55. The van der Waals surface area contributed by atoms with Gasteiger partial charge in [0.1, 0.15) is 0 Å². The molecule has 25 heavy (non-hydrogen) atoms. The first kappa shape index (κ1) is 17.7. The van der Waals surface area contributed by atoms with Crippen LogP contribution >= 0.6 is 0 Å². The van der Waals surface area contributed by atoms with Crippen LogP contribution in [0.4, 0.5) is 11.4 Å². The Bertz CT molecular complexity index is 953. The fourth-order valence-corrected chi connectivity index (χ4v) is 4.90. The van der Waals surface area contributed by atoms with E-state index in [0.717, 1.165) is 5.56 Å². The number of nitrogens with one attached hydrogen (secondary N) is 2. The summed E-state index contributed by atoms with van der Waals surface area (Å²) in [5.74, 6) is 0. The summed E-state index contributed by atoms with van der Waals surface area (Å²) in [6.45, 7) is 2.70. The summed E-state index contributed by atoms with van der Waals surface area (Å²) < 4.78 is 55.0. The second-order valence-corrected chi connectivity index (χ2v) is 9.15. The van der Waals surface area contributed by atoms with Gasteiger partial charge >= 0.3 is 10.2 Å². The summed E-state index contributed by atoms with van der Waals surface area (Å²) >= 11 is 0. The number of hydrogen-bond acceptors (Lipinski definition) is 4. The highest BCUT2D eigenvalue weighted by Gasteiger charge is 2.25. The van der Waals surface area contributed by atoms with Crippen molar-refractivity contribution in [2.45, 2.75) is 18.2 Å². The second-order valence-electron chi connectivity index (χ2n) is 5.79. The van der Waals surface area contributed by atoms with E-state index in [-0.39, 0.29) is 4.90 Å². The van der Waals surface area contributed by atoms with Crippen LogP contribution in [0.3, 0.4) is 0 Å². The molecule has 0 saturated carbocycles. The minimum absolute atomic E-state index is 0.171. The van der Waals surface area contributed by atoms with Crippen LogP contribution in [0.25, 0.3) is 0 Å². The minimum atomic E-state index is -3.68. The molecule has 1 heterocycles. The van der Waals surface area contributed by atoms with E-state index in [1.165, 1.54) is 16.4 Å². The van der Waals surface area contributed by atoms with Crippen molar-refractivity contribution in [1.82, 2.24) is 4.72 Å². The first-order valence-corrected chi connectivity index (χ1v) is 10.7. The molecule has 0 atom stereocenters. The minimum Gasteiger partial charge on any atom is -0.280 e. The van der Waals surface area contributed by atoms with Crippen LogP contribution < -0.4 is 13.7 Å². The average molecular weight is 381 g/mol. The number of hydrogen-bond donors (Lipinski definition) is 2. The zero-order chi connectivity index (χ0) is 18.1. The molecule has 0 aliphatic carbocycles. The Labute approximate surface area is 147 Å². The maximum Gasteiger partial charge on any atom is 0.301 e. The van der Waals surface area contributed by atoms with E-state index >= 15 is 0 Å². The molecule has 1 fully saturated rings. The van der Waals surface area contributed by atoms with Gasteiger partial charge in [0, 0.05) is 18.8 Å². The maximum absolute atomic E-state index is 12.4. The Morgan fingerprint density at radius 2 is 1.68 bits per heavy atom. The van der Waals surface area contributed by atoms with Crippen LogP contribution in [0.15, 0.2) is 53.4 Å². The van der Waals surface area contributed by atoms with Crippen LogP contribution in [0.5, 0.6) is 0 Å². The van der Waals surface area contributed by atoms with Crippen LogP contribution in [0, 0.1) is 6.92 Å². The third-order valence-electron chi connectivity index (χ3n) is 3.85. The monoisotopic (exact) mass is 381 g/mol. The fourth-order valence-electron chi connectivity index (χ4n) is 2.52. The molecule has 1 aliphatic rings. The van der Waals surface area contributed by atoms with Crippen molar-refractivity contribution in [3.63, 3.8) is 0 Å². The third kappa shape index (κ3) is 3.94. The summed E-state index contributed by atoms with van der Waals surface area (Å²) in [6.07, 6.45) is 0.709. The number of nitrogens with zero attached hydrogens (tertiary/aromatic N) is 1. The number of anilines is 2. The summed E-state index contributed by atoms with van der Waals surface area (Å²) in [7, 11) is -7.21. The van der Waals surface area contributed by atoms with Gasteiger partial charge in [0.15, 0.2) is 0 Å². The highest BCUT2D eigenvalue weighted by molar-refractivity contribution is 7.92. The van der Waals surface area contributed by atoms with Crippen LogP contribution in [-0.2, 0) is 20.2 Å². The second kappa shape index (κ2) is 6.66. The topological polar surface area (TPSA) is 95.6 Å². The van der Waals surface area contributed by atoms with Crippen molar-refractivity contribution in [2.24, 2.45) is 0 Å². The molecule has 1 aliphatic heterocycles. The van der Waals surface area contributed by atoms with Gasteiger partial charge in [-0.15, -0.1) is 0 Å². The van der Waals surface area contributed by atoms with E-state index in [1.807, 2.05) is 6.92 Å². The molecule has 0 spiro atoms. The van der Waals surface area contributed by atoms with E-state index in [0.29, 0.717) is 30.9 Å². The molecule has 0 bridgehead atoms. The van der Waals surface area contributed by atoms with Crippen molar-refractivity contribution < 1.29 is 16.8 Å². The Morgan fingerprint density at radius 1 is 1.04 bits per heavy atom. The molecule has 0 radical (unpaired) electrons. The quantitative estimate of drug-likeness (QED) is 0.845. The van der Waals surface area contributed by atoms with Crippen LogP contribution in [-0.4, -0.2) is 29.9 Å². The van der Waals surface area contributed by atoms with Gasteiger partial charge in [-0.05, 0) is 49.7 Å². The number of rotatable bonds is 4. The van der Waals surface area contributed by atoms with Gasteiger partial charge in [-0.3, -0.25) is 9.03 Å². The van der Waals surface area contributed by atoms with Gasteiger partial charge < -0.3 is 0 Å². The van der Waals surface area contributed by atoms with E-state index in [1.54, 1.807) is 36.4 Å². The predicted molar refractivity (Wildman–Crippen MR) is 97.3 cm³/mol. The Kier molecular flexibility index (Phi) is 4.72. The van der Waals surface area contributed by atoms with Crippen molar-refractivity contribution in [2.75, 3.05) is 22.1 Å². The molecule has 2 aromatic carbocycles. The lowest BCUT2D eigenvalue weighted by atomic mass is 10.2. The SMILES string of the molecule is Cc1ccc(S(=O)(=O)Nc2ccc(N3CCCNS3(=O)=O)cc2)cc1. The first-order chi connectivity index (χ1) is 11.8. The molecule has 3 rings (SSSR count). The number of aryl methyl sites for hydroxylation is 1. The summed E-state index contributed by atoms with van der Waals surface area (Å²) in [5, 5.41) is 0. The summed E-state index contributed by atoms with van der Waals surface area (Å²) in [5.41, 5.74) is 1.83. The molecular formula is C16H19N3O4S2. The smallest absolute Gasteiger partial charge is 0.280 e. The molecule has 0 amide bonds. The fraction of sp³-hybridized carbons (Fsp3) is 0.250. The maximum atomic E-state index is 12.4. The Hall–Kier alpha value is -2.10. The zero-order valence-electron chi connectivity index (χ0n) is 13.6. The molecule has 1 saturated heterocycles. The van der Waals surface area contributed by atoms with Gasteiger partial charge in [0.05, 0.1) is 10.6 Å². The first-order valence-electron chi connectivity index (χ1n) is 7.75. The number of sulfonamides is 1. The van der Waals surface area contributed by atoms with Gasteiger partial charge in [0.2, 0.25) is 0 Å². The van der Waals surface area contributed by atoms with Crippen molar-refractivity contribution >= 4 is 31.6 Å². The van der Waals surface area contributed by atoms with E-state index in [9.17, 15) is 16.8 Å². The molecule has 2 N–H and O–H groups in total. The van der Waals surface area contributed by atoms with Gasteiger partial charge in [-0.25, -0.2) is 8.42 Å². The van der Waals surface area contributed by atoms with Crippen LogP contribution in [0.1, 0.15) is 12.0 Å².